The van der Waals surface area contributed by atoms with Gasteiger partial charge in [-0.25, -0.2) is 19.0 Å². The second-order valence-electron chi connectivity index (χ2n) is 7.16. The molecule has 0 bridgehead atoms. The van der Waals surface area contributed by atoms with E-state index < -0.39 is 5.82 Å². The smallest absolute Gasteiger partial charge is 0.293 e. The van der Waals surface area contributed by atoms with Crippen molar-refractivity contribution < 1.29 is 18.7 Å². The van der Waals surface area contributed by atoms with Gasteiger partial charge < -0.3 is 14.5 Å². The molecule has 1 aromatic carbocycles. The van der Waals surface area contributed by atoms with Crippen LogP contribution in [0.2, 0.25) is 0 Å². The number of piperazine rings is 1. The number of hydrogen-bond acceptors (Lipinski definition) is 6. The van der Waals surface area contributed by atoms with E-state index in [1.165, 1.54) is 30.3 Å². The fraction of sp³-hybridized carbons (Fsp3) is 0.286. The molecule has 0 radical (unpaired) electrons. The molecule has 2 aromatic heterocycles. The molecule has 1 atom stereocenters. The lowest BCUT2D eigenvalue weighted by Gasteiger charge is -2.39. The van der Waals surface area contributed by atoms with Crippen molar-refractivity contribution in [2.75, 3.05) is 26.7 Å². The van der Waals surface area contributed by atoms with Gasteiger partial charge in [-0.3, -0.25) is 9.59 Å². The Morgan fingerprint density at radius 3 is 2.68 bits per heavy atom. The second-order valence-corrected chi connectivity index (χ2v) is 7.16. The van der Waals surface area contributed by atoms with Crippen LogP contribution in [0.4, 0.5) is 4.39 Å². The minimum absolute atomic E-state index is 0.0188. The molecule has 3 heterocycles. The summed E-state index contributed by atoms with van der Waals surface area (Å²) >= 11 is 0. The molecule has 1 aliphatic rings. The first-order valence-electron chi connectivity index (χ1n) is 9.75. The van der Waals surface area contributed by atoms with Gasteiger partial charge in [-0.15, -0.1) is 5.10 Å². The number of halogens is 1. The van der Waals surface area contributed by atoms with Crippen molar-refractivity contribution in [3.8, 4) is 11.6 Å². The number of aromatic nitrogens is 4. The lowest BCUT2D eigenvalue weighted by atomic mass is 10.1. The molecule has 1 aliphatic heterocycles. The van der Waals surface area contributed by atoms with E-state index in [0.29, 0.717) is 36.9 Å². The molecule has 0 saturated carbocycles. The standard InChI is InChI=1S/C21H21FN6O3/c1-14-12-26(20(29)17-7-4-8-18(24-17)31-2)9-10-27(14)21(30)19-23-13-28(25-19)16-6-3-5-15(22)11-16/h3-8,11,13-14H,9-10,12H2,1-2H3. The Kier molecular flexibility index (Phi) is 5.61. The fourth-order valence-corrected chi connectivity index (χ4v) is 3.49. The van der Waals surface area contributed by atoms with Gasteiger partial charge in [-0.2, -0.15) is 0 Å². The van der Waals surface area contributed by atoms with Crippen molar-refractivity contribution in [3.63, 3.8) is 0 Å². The van der Waals surface area contributed by atoms with E-state index in [1.54, 1.807) is 40.1 Å². The Labute approximate surface area is 178 Å². The predicted octanol–water partition coefficient (Wildman–Crippen LogP) is 1.80. The lowest BCUT2D eigenvalue weighted by Crippen LogP contribution is -2.55. The molecule has 1 fully saturated rings. The Morgan fingerprint density at radius 1 is 1.13 bits per heavy atom. The summed E-state index contributed by atoms with van der Waals surface area (Å²) in [5.41, 5.74) is 0.766. The maximum atomic E-state index is 13.4. The van der Waals surface area contributed by atoms with Crippen LogP contribution in [0.15, 0.2) is 48.8 Å². The molecule has 31 heavy (non-hydrogen) atoms. The first-order valence-corrected chi connectivity index (χ1v) is 9.75. The van der Waals surface area contributed by atoms with E-state index >= 15 is 0 Å². The number of rotatable bonds is 4. The van der Waals surface area contributed by atoms with Gasteiger partial charge in [0.2, 0.25) is 11.7 Å². The zero-order valence-electron chi connectivity index (χ0n) is 17.1. The highest BCUT2D eigenvalue weighted by Gasteiger charge is 2.32. The average Bonchev–Trinajstić information content (AvgIpc) is 3.28. The van der Waals surface area contributed by atoms with Crippen LogP contribution < -0.4 is 4.74 Å². The minimum atomic E-state index is -0.402. The number of ether oxygens (including phenoxy) is 1. The largest absolute Gasteiger partial charge is 0.481 e. The Hall–Kier alpha value is -3.82. The van der Waals surface area contributed by atoms with Gasteiger partial charge in [0, 0.05) is 31.7 Å². The van der Waals surface area contributed by atoms with Crippen LogP contribution in [0.5, 0.6) is 5.88 Å². The Morgan fingerprint density at radius 2 is 1.94 bits per heavy atom. The van der Waals surface area contributed by atoms with Gasteiger partial charge in [0.25, 0.3) is 11.8 Å². The van der Waals surface area contributed by atoms with Crippen LogP contribution in [0.1, 0.15) is 28.0 Å². The zero-order chi connectivity index (χ0) is 22.0. The molecule has 0 N–H and O–H groups in total. The van der Waals surface area contributed by atoms with Gasteiger partial charge >= 0.3 is 0 Å². The minimum Gasteiger partial charge on any atom is -0.481 e. The number of pyridine rings is 1. The number of benzene rings is 1. The zero-order valence-corrected chi connectivity index (χ0v) is 17.1. The van der Waals surface area contributed by atoms with E-state index in [9.17, 15) is 14.0 Å². The highest BCUT2D eigenvalue weighted by molar-refractivity contribution is 5.93. The normalized spacial score (nSPS) is 16.3. The monoisotopic (exact) mass is 424 g/mol. The van der Waals surface area contributed by atoms with E-state index in [1.807, 2.05) is 6.92 Å². The second kappa shape index (κ2) is 8.50. The molecule has 1 saturated heterocycles. The molecule has 2 amide bonds. The number of methoxy groups -OCH3 is 1. The van der Waals surface area contributed by atoms with E-state index in [4.69, 9.17) is 4.74 Å². The maximum absolute atomic E-state index is 13.4. The topological polar surface area (TPSA) is 93.5 Å². The molecule has 160 valence electrons. The summed E-state index contributed by atoms with van der Waals surface area (Å²) in [6, 6.07) is 10.6. The number of carbonyl (C=O) groups excluding carboxylic acids is 2. The van der Waals surface area contributed by atoms with Gasteiger partial charge in [-0.1, -0.05) is 12.1 Å². The van der Waals surface area contributed by atoms with Crippen LogP contribution >= 0.6 is 0 Å². The highest BCUT2D eigenvalue weighted by atomic mass is 19.1. The van der Waals surface area contributed by atoms with E-state index in [0.717, 1.165) is 0 Å². The van der Waals surface area contributed by atoms with Crippen molar-refractivity contribution in [1.82, 2.24) is 29.5 Å². The summed E-state index contributed by atoms with van der Waals surface area (Å²) in [4.78, 5) is 37.3. The average molecular weight is 424 g/mol. The van der Waals surface area contributed by atoms with Crippen LogP contribution in [0.25, 0.3) is 5.69 Å². The summed E-state index contributed by atoms with van der Waals surface area (Å²) in [6.45, 7) is 2.91. The third kappa shape index (κ3) is 4.23. The Balaban J connectivity index is 1.44. The molecule has 0 aliphatic carbocycles. The molecular weight excluding hydrogens is 403 g/mol. The van der Waals surface area contributed by atoms with Gasteiger partial charge in [0.15, 0.2) is 0 Å². The number of carbonyl (C=O) groups is 2. The van der Waals surface area contributed by atoms with Crippen LogP contribution in [-0.4, -0.2) is 74.1 Å². The fourth-order valence-electron chi connectivity index (χ4n) is 3.49. The van der Waals surface area contributed by atoms with Crippen LogP contribution in [0.3, 0.4) is 0 Å². The third-order valence-corrected chi connectivity index (χ3v) is 5.08. The van der Waals surface area contributed by atoms with Crippen molar-refractivity contribution in [2.24, 2.45) is 0 Å². The van der Waals surface area contributed by atoms with E-state index in [2.05, 4.69) is 15.1 Å². The first-order chi connectivity index (χ1) is 15.0. The number of amides is 2. The quantitative estimate of drug-likeness (QED) is 0.634. The van der Waals surface area contributed by atoms with Crippen LogP contribution in [-0.2, 0) is 0 Å². The highest BCUT2D eigenvalue weighted by Crippen LogP contribution is 2.16. The SMILES string of the molecule is COc1cccc(C(=O)N2CCN(C(=O)c3ncn(-c4cccc(F)c4)n3)C(C)C2)n1. The Bertz CT molecular complexity index is 1120. The molecule has 4 rings (SSSR count). The first kappa shape index (κ1) is 20.5. The van der Waals surface area contributed by atoms with Gasteiger partial charge in [0.05, 0.1) is 12.8 Å². The predicted molar refractivity (Wildman–Crippen MR) is 109 cm³/mol. The summed E-state index contributed by atoms with van der Waals surface area (Å²) < 4.78 is 19.9. The van der Waals surface area contributed by atoms with Gasteiger partial charge in [-0.05, 0) is 31.2 Å². The molecule has 3 aromatic rings. The number of hydrogen-bond donors (Lipinski definition) is 0. The van der Waals surface area contributed by atoms with Crippen molar-refractivity contribution in [1.29, 1.82) is 0 Å². The molecular formula is C21H21FN6O3. The third-order valence-electron chi connectivity index (χ3n) is 5.08. The molecule has 1 unspecified atom stereocenters. The summed E-state index contributed by atoms with van der Waals surface area (Å²) in [7, 11) is 1.49. The van der Waals surface area contributed by atoms with E-state index in [-0.39, 0.29) is 23.7 Å². The number of nitrogens with zero attached hydrogens (tertiary/aromatic N) is 6. The van der Waals surface area contributed by atoms with Crippen molar-refractivity contribution >= 4 is 11.8 Å². The summed E-state index contributed by atoms with van der Waals surface area (Å²) in [6.07, 6.45) is 1.38. The summed E-state index contributed by atoms with van der Waals surface area (Å²) in [5, 5.41) is 4.20. The van der Waals surface area contributed by atoms with Crippen molar-refractivity contribution in [2.45, 2.75) is 13.0 Å². The maximum Gasteiger partial charge on any atom is 0.293 e. The molecule has 0 spiro atoms. The van der Waals surface area contributed by atoms with Gasteiger partial charge in [0.1, 0.15) is 17.8 Å². The van der Waals surface area contributed by atoms with Crippen molar-refractivity contribution in [3.05, 3.63) is 66.1 Å². The van der Waals surface area contributed by atoms with Crippen LogP contribution in [0, 0.1) is 5.82 Å². The lowest BCUT2D eigenvalue weighted by molar-refractivity contribution is 0.0404. The molecule has 9 nitrogen and oxygen atoms in total. The summed E-state index contributed by atoms with van der Waals surface area (Å²) in [5.74, 6) is -0.570. The molecule has 10 heteroatoms.